The number of nitrogens with zero attached hydrogens (tertiary/aromatic N) is 2. The molecule has 0 radical (unpaired) electrons. The molecule has 1 aromatic heterocycles. The molecule has 1 fully saturated rings. The van der Waals surface area contributed by atoms with Crippen LogP contribution in [-0.4, -0.2) is 24.6 Å². The third-order valence-electron chi connectivity index (χ3n) is 3.09. The Kier molecular flexibility index (Phi) is 4.24. The van der Waals surface area contributed by atoms with Gasteiger partial charge in [-0.3, -0.25) is 0 Å². The molecular weight excluding hydrogens is 210 g/mol. The zero-order chi connectivity index (χ0) is 12.1. The predicted octanol–water partition coefficient (Wildman–Crippen LogP) is 3.14. The van der Waals surface area contributed by atoms with Crippen LogP contribution in [0.1, 0.15) is 33.1 Å². The first-order valence-electron chi connectivity index (χ1n) is 6.79. The van der Waals surface area contributed by atoms with Gasteiger partial charge in [0.2, 0.25) is 0 Å². The predicted molar refractivity (Wildman–Crippen MR) is 73.6 cm³/mol. The Hall–Kier alpha value is -1.25. The first kappa shape index (κ1) is 12.2. The summed E-state index contributed by atoms with van der Waals surface area (Å²) in [5.41, 5.74) is 0. The van der Waals surface area contributed by atoms with Crippen molar-refractivity contribution < 1.29 is 0 Å². The van der Waals surface area contributed by atoms with Crippen molar-refractivity contribution >= 4 is 11.6 Å². The molecule has 0 unspecified atom stereocenters. The highest BCUT2D eigenvalue weighted by Gasteiger charge is 2.24. The molecule has 0 saturated heterocycles. The molecule has 0 aromatic carbocycles. The average molecular weight is 233 g/mol. The Bertz CT molecular complexity index is 347. The summed E-state index contributed by atoms with van der Waals surface area (Å²) in [4.78, 5) is 7.11. The van der Waals surface area contributed by atoms with Crippen LogP contribution in [0.2, 0.25) is 0 Å². The minimum absolute atomic E-state index is 0.908. The van der Waals surface area contributed by atoms with Gasteiger partial charge in [0, 0.05) is 19.6 Å². The Morgan fingerprint density at radius 2 is 2.18 bits per heavy atom. The second kappa shape index (κ2) is 5.89. The average Bonchev–Trinajstić information content (AvgIpc) is 3.13. The van der Waals surface area contributed by atoms with E-state index in [0.29, 0.717) is 0 Å². The van der Waals surface area contributed by atoms with Crippen LogP contribution >= 0.6 is 0 Å². The van der Waals surface area contributed by atoms with Crippen LogP contribution in [0.15, 0.2) is 18.2 Å². The lowest BCUT2D eigenvalue weighted by atomic mass is 10.3. The van der Waals surface area contributed by atoms with E-state index >= 15 is 0 Å². The lowest BCUT2D eigenvalue weighted by molar-refractivity contribution is 0.699. The molecule has 1 aromatic rings. The van der Waals surface area contributed by atoms with E-state index in [0.717, 1.165) is 30.6 Å². The number of nitrogens with one attached hydrogen (secondary N) is 1. The smallest absolute Gasteiger partial charge is 0.130 e. The number of anilines is 2. The molecule has 0 spiro atoms. The summed E-state index contributed by atoms with van der Waals surface area (Å²) in [5.74, 6) is 3.02. The highest BCUT2D eigenvalue weighted by molar-refractivity contribution is 5.47. The maximum Gasteiger partial charge on any atom is 0.130 e. The van der Waals surface area contributed by atoms with Crippen molar-refractivity contribution in [2.75, 3.05) is 29.9 Å². The molecule has 1 heterocycles. The molecule has 1 aliphatic carbocycles. The van der Waals surface area contributed by atoms with Gasteiger partial charge in [-0.2, -0.15) is 0 Å². The lowest BCUT2D eigenvalue weighted by Crippen LogP contribution is -2.27. The Morgan fingerprint density at radius 3 is 2.82 bits per heavy atom. The summed E-state index contributed by atoms with van der Waals surface area (Å²) < 4.78 is 0. The van der Waals surface area contributed by atoms with Gasteiger partial charge in [0.25, 0.3) is 0 Å². The monoisotopic (exact) mass is 233 g/mol. The third kappa shape index (κ3) is 3.62. The Labute approximate surface area is 104 Å². The van der Waals surface area contributed by atoms with Gasteiger partial charge in [0.05, 0.1) is 0 Å². The van der Waals surface area contributed by atoms with Crippen LogP contribution in [-0.2, 0) is 0 Å². The standard InChI is InChI=1S/C14H23N3/c1-3-10-17(11-12-8-9-12)14-7-5-6-13(16-14)15-4-2/h5-7,12H,3-4,8-11H2,1-2H3,(H,15,16). The van der Waals surface area contributed by atoms with Crippen molar-refractivity contribution in [3.63, 3.8) is 0 Å². The maximum absolute atomic E-state index is 4.68. The van der Waals surface area contributed by atoms with E-state index in [1.165, 1.54) is 25.8 Å². The van der Waals surface area contributed by atoms with Gasteiger partial charge in [-0.15, -0.1) is 0 Å². The summed E-state index contributed by atoms with van der Waals surface area (Å²) in [6.45, 7) is 7.54. The SMILES string of the molecule is CCCN(CC1CC1)c1cccc(NCC)n1. The Morgan fingerprint density at radius 1 is 1.35 bits per heavy atom. The largest absolute Gasteiger partial charge is 0.370 e. The number of pyridine rings is 1. The fraction of sp³-hybridized carbons (Fsp3) is 0.643. The molecule has 1 saturated carbocycles. The van der Waals surface area contributed by atoms with Gasteiger partial charge in [0.15, 0.2) is 0 Å². The Balaban J connectivity index is 2.06. The normalized spacial score (nSPS) is 14.7. The van der Waals surface area contributed by atoms with Gasteiger partial charge in [-0.25, -0.2) is 4.98 Å². The number of hydrogen-bond donors (Lipinski definition) is 1. The molecular formula is C14H23N3. The summed E-state index contributed by atoms with van der Waals surface area (Å²) in [5, 5.41) is 3.28. The number of rotatable bonds is 7. The molecule has 0 aliphatic heterocycles. The zero-order valence-corrected chi connectivity index (χ0v) is 10.9. The van der Waals surface area contributed by atoms with Gasteiger partial charge < -0.3 is 10.2 Å². The molecule has 3 heteroatoms. The minimum Gasteiger partial charge on any atom is -0.370 e. The lowest BCUT2D eigenvalue weighted by Gasteiger charge is -2.23. The van der Waals surface area contributed by atoms with Crippen molar-refractivity contribution in [3.05, 3.63) is 18.2 Å². The summed E-state index contributed by atoms with van der Waals surface area (Å²) in [6.07, 6.45) is 3.97. The number of aromatic nitrogens is 1. The van der Waals surface area contributed by atoms with Gasteiger partial charge in [-0.05, 0) is 44.2 Å². The van der Waals surface area contributed by atoms with Gasteiger partial charge >= 0.3 is 0 Å². The van der Waals surface area contributed by atoms with E-state index in [1.807, 2.05) is 6.07 Å². The van der Waals surface area contributed by atoms with E-state index in [2.05, 4.69) is 41.2 Å². The molecule has 1 N–H and O–H groups in total. The fourth-order valence-corrected chi connectivity index (χ4v) is 2.06. The van der Waals surface area contributed by atoms with Crippen LogP contribution in [0.3, 0.4) is 0 Å². The summed E-state index contributed by atoms with van der Waals surface area (Å²) in [6, 6.07) is 6.25. The molecule has 17 heavy (non-hydrogen) atoms. The highest BCUT2D eigenvalue weighted by Crippen LogP contribution is 2.31. The fourth-order valence-electron chi connectivity index (χ4n) is 2.06. The van der Waals surface area contributed by atoms with Crippen molar-refractivity contribution in [1.82, 2.24) is 4.98 Å². The first-order valence-corrected chi connectivity index (χ1v) is 6.79. The van der Waals surface area contributed by atoms with Crippen LogP contribution in [0.4, 0.5) is 11.6 Å². The third-order valence-corrected chi connectivity index (χ3v) is 3.09. The molecule has 0 atom stereocenters. The molecule has 0 amide bonds. The summed E-state index contributed by atoms with van der Waals surface area (Å²) in [7, 11) is 0. The topological polar surface area (TPSA) is 28.2 Å². The van der Waals surface area contributed by atoms with Crippen LogP contribution in [0.25, 0.3) is 0 Å². The zero-order valence-electron chi connectivity index (χ0n) is 10.9. The number of hydrogen-bond acceptors (Lipinski definition) is 3. The van der Waals surface area contributed by atoms with Crippen molar-refractivity contribution in [3.8, 4) is 0 Å². The highest BCUT2D eigenvalue weighted by atomic mass is 15.2. The van der Waals surface area contributed by atoms with Crippen LogP contribution < -0.4 is 10.2 Å². The van der Waals surface area contributed by atoms with E-state index in [9.17, 15) is 0 Å². The van der Waals surface area contributed by atoms with Crippen LogP contribution in [0.5, 0.6) is 0 Å². The maximum atomic E-state index is 4.68. The van der Waals surface area contributed by atoms with E-state index in [1.54, 1.807) is 0 Å². The van der Waals surface area contributed by atoms with Gasteiger partial charge in [0.1, 0.15) is 11.6 Å². The molecule has 2 rings (SSSR count). The second-order valence-electron chi connectivity index (χ2n) is 4.80. The second-order valence-corrected chi connectivity index (χ2v) is 4.80. The summed E-state index contributed by atoms with van der Waals surface area (Å²) >= 11 is 0. The molecule has 3 nitrogen and oxygen atoms in total. The molecule has 1 aliphatic rings. The van der Waals surface area contributed by atoms with Gasteiger partial charge in [-0.1, -0.05) is 13.0 Å². The molecule has 94 valence electrons. The van der Waals surface area contributed by atoms with E-state index in [4.69, 9.17) is 0 Å². The van der Waals surface area contributed by atoms with Crippen molar-refractivity contribution in [2.45, 2.75) is 33.1 Å². The quantitative estimate of drug-likeness (QED) is 0.784. The first-order chi connectivity index (χ1) is 8.33. The minimum atomic E-state index is 0.908. The molecule has 0 bridgehead atoms. The van der Waals surface area contributed by atoms with Crippen LogP contribution in [0, 0.1) is 5.92 Å². The van der Waals surface area contributed by atoms with E-state index < -0.39 is 0 Å². The van der Waals surface area contributed by atoms with E-state index in [-0.39, 0.29) is 0 Å². The van der Waals surface area contributed by atoms with Crippen molar-refractivity contribution in [2.24, 2.45) is 5.92 Å². The van der Waals surface area contributed by atoms with Crippen molar-refractivity contribution in [1.29, 1.82) is 0 Å².